The van der Waals surface area contributed by atoms with Gasteiger partial charge in [-0.05, 0) is 58.0 Å². The van der Waals surface area contributed by atoms with Crippen molar-refractivity contribution in [1.82, 2.24) is 10.2 Å². The van der Waals surface area contributed by atoms with Crippen LogP contribution in [0.2, 0.25) is 0 Å². The third-order valence-electron chi connectivity index (χ3n) is 4.72. The number of carbonyl (C=O) groups is 1. The normalized spacial score (nSPS) is 20.5. The zero-order valence-corrected chi connectivity index (χ0v) is 14.6. The highest BCUT2D eigenvalue weighted by Gasteiger charge is 2.29. The number of hydrogen-bond donors (Lipinski definition) is 1. The molecule has 1 N–H and O–H groups in total. The van der Waals surface area contributed by atoms with Gasteiger partial charge in [0.25, 0.3) is 0 Å². The number of rotatable bonds is 8. The molecule has 21 heavy (non-hydrogen) atoms. The van der Waals surface area contributed by atoms with Crippen molar-refractivity contribution in [2.45, 2.75) is 71.9 Å². The molecule has 1 fully saturated rings. The zero-order valence-electron chi connectivity index (χ0n) is 14.6. The molecule has 0 heterocycles. The van der Waals surface area contributed by atoms with Crippen LogP contribution in [0.5, 0.6) is 0 Å². The van der Waals surface area contributed by atoms with E-state index in [9.17, 15) is 4.79 Å². The molecule has 0 saturated heterocycles. The third kappa shape index (κ3) is 6.35. The molecule has 1 rings (SSSR count). The molecular weight excluding hydrogens is 264 g/mol. The average molecular weight is 298 g/mol. The Morgan fingerprint density at radius 2 is 1.95 bits per heavy atom. The first-order chi connectivity index (χ1) is 9.89. The number of esters is 1. The van der Waals surface area contributed by atoms with E-state index in [-0.39, 0.29) is 12.0 Å². The van der Waals surface area contributed by atoms with Gasteiger partial charge in [0.05, 0.1) is 6.61 Å². The van der Waals surface area contributed by atoms with Crippen molar-refractivity contribution in [2.75, 3.05) is 26.7 Å². The van der Waals surface area contributed by atoms with Crippen LogP contribution >= 0.6 is 0 Å². The fraction of sp³-hybridized carbons (Fsp3) is 0.941. The molecule has 0 aliphatic heterocycles. The van der Waals surface area contributed by atoms with Crippen LogP contribution in [-0.4, -0.2) is 49.7 Å². The fourth-order valence-corrected chi connectivity index (χ4v) is 3.13. The molecule has 0 aromatic carbocycles. The maximum Gasteiger partial charge on any atom is 0.323 e. The van der Waals surface area contributed by atoms with E-state index in [0.717, 1.165) is 19.5 Å². The van der Waals surface area contributed by atoms with Gasteiger partial charge in [0.1, 0.15) is 6.04 Å². The topological polar surface area (TPSA) is 41.6 Å². The zero-order chi connectivity index (χ0) is 15.9. The summed E-state index contributed by atoms with van der Waals surface area (Å²) >= 11 is 0. The number of carbonyl (C=O) groups excluding carboxylic acids is 1. The van der Waals surface area contributed by atoms with Gasteiger partial charge in [0.15, 0.2) is 0 Å². The van der Waals surface area contributed by atoms with Crippen LogP contribution in [0.15, 0.2) is 0 Å². The van der Waals surface area contributed by atoms with E-state index in [4.69, 9.17) is 4.74 Å². The average Bonchev–Trinajstić information content (AvgIpc) is 2.43. The summed E-state index contributed by atoms with van der Waals surface area (Å²) in [6.07, 6.45) is 5.97. The Morgan fingerprint density at radius 1 is 1.33 bits per heavy atom. The summed E-state index contributed by atoms with van der Waals surface area (Å²) in [6, 6.07) is 0.500. The maximum atomic E-state index is 11.9. The van der Waals surface area contributed by atoms with E-state index in [2.05, 4.69) is 31.1 Å². The summed E-state index contributed by atoms with van der Waals surface area (Å²) in [6.45, 7) is 10.8. The van der Waals surface area contributed by atoms with E-state index >= 15 is 0 Å². The fourth-order valence-electron chi connectivity index (χ4n) is 3.13. The van der Waals surface area contributed by atoms with Gasteiger partial charge in [-0.3, -0.25) is 4.79 Å². The lowest BCUT2D eigenvalue weighted by Gasteiger charge is -2.39. The van der Waals surface area contributed by atoms with Crippen LogP contribution in [-0.2, 0) is 9.53 Å². The molecule has 1 atom stereocenters. The summed E-state index contributed by atoms with van der Waals surface area (Å²) in [7, 11) is 2.19. The first-order valence-corrected chi connectivity index (χ1v) is 8.50. The SMILES string of the molecule is CCNC(CCN(C)C1CCC(C)(C)CC1)C(=O)OCC. The van der Waals surface area contributed by atoms with Crippen molar-refractivity contribution in [2.24, 2.45) is 5.41 Å². The van der Waals surface area contributed by atoms with Gasteiger partial charge in [0.2, 0.25) is 0 Å². The highest BCUT2D eigenvalue weighted by Crippen LogP contribution is 2.36. The minimum Gasteiger partial charge on any atom is -0.465 e. The number of nitrogens with zero attached hydrogens (tertiary/aromatic N) is 1. The molecule has 0 bridgehead atoms. The Hall–Kier alpha value is -0.610. The largest absolute Gasteiger partial charge is 0.465 e. The molecule has 0 spiro atoms. The van der Waals surface area contributed by atoms with Gasteiger partial charge < -0.3 is 15.0 Å². The molecule has 4 heteroatoms. The lowest BCUT2D eigenvalue weighted by molar-refractivity contribution is -0.145. The van der Waals surface area contributed by atoms with Crippen molar-refractivity contribution < 1.29 is 9.53 Å². The summed E-state index contributed by atoms with van der Waals surface area (Å²) < 4.78 is 5.14. The smallest absolute Gasteiger partial charge is 0.323 e. The van der Waals surface area contributed by atoms with Crippen LogP contribution in [0, 0.1) is 5.41 Å². The predicted molar refractivity (Wildman–Crippen MR) is 87.4 cm³/mol. The first kappa shape index (κ1) is 18.4. The Kier molecular flexibility index (Phi) is 7.67. The molecule has 1 unspecified atom stereocenters. The third-order valence-corrected chi connectivity index (χ3v) is 4.72. The predicted octanol–water partition coefficient (Wildman–Crippen LogP) is 2.82. The Balaban J connectivity index is 2.39. The molecule has 4 nitrogen and oxygen atoms in total. The van der Waals surface area contributed by atoms with Crippen LogP contribution in [0.1, 0.15) is 59.8 Å². The lowest BCUT2D eigenvalue weighted by atomic mass is 9.75. The van der Waals surface area contributed by atoms with E-state index in [1.165, 1.54) is 25.7 Å². The lowest BCUT2D eigenvalue weighted by Crippen LogP contribution is -2.43. The number of ether oxygens (including phenoxy) is 1. The first-order valence-electron chi connectivity index (χ1n) is 8.50. The van der Waals surface area contributed by atoms with Crippen LogP contribution < -0.4 is 5.32 Å². The van der Waals surface area contributed by atoms with E-state index in [1.54, 1.807) is 0 Å². The van der Waals surface area contributed by atoms with Crippen molar-refractivity contribution in [3.05, 3.63) is 0 Å². The van der Waals surface area contributed by atoms with Gasteiger partial charge in [-0.1, -0.05) is 20.8 Å². The molecule has 124 valence electrons. The monoisotopic (exact) mass is 298 g/mol. The Labute approximate surface area is 130 Å². The Morgan fingerprint density at radius 3 is 2.48 bits per heavy atom. The molecule has 0 radical (unpaired) electrons. The van der Waals surface area contributed by atoms with E-state index in [1.807, 2.05) is 13.8 Å². The molecular formula is C17H34N2O2. The van der Waals surface area contributed by atoms with Crippen molar-refractivity contribution in [3.8, 4) is 0 Å². The van der Waals surface area contributed by atoms with Gasteiger partial charge in [-0.2, -0.15) is 0 Å². The second-order valence-corrected chi connectivity index (χ2v) is 7.03. The summed E-state index contributed by atoms with van der Waals surface area (Å²) in [5, 5.41) is 3.24. The second kappa shape index (κ2) is 8.74. The number of likely N-dealkylation sites (N-methyl/N-ethyl adjacent to an activating group) is 1. The van der Waals surface area contributed by atoms with Gasteiger partial charge in [0, 0.05) is 12.6 Å². The minimum absolute atomic E-state index is 0.113. The molecule has 1 aliphatic carbocycles. The van der Waals surface area contributed by atoms with Crippen LogP contribution in [0.3, 0.4) is 0 Å². The summed E-state index contributed by atoms with van der Waals surface area (Å²) in [5.41, 5.74) is 0.509. The van der Waals surface area contributed by atoms with Gasteiger partial charge in [-0.25, -0.2) is 0 Å². The highest BCUT2D eigenvalue weighted by molar-refractivity contribution is 5.75. The maximum absolute atomic E-state index is 11.9. The molecule has 1 saturated carbocycles. The standard InChI is InChI=1S/C17H34N2O2/c1-6-18-15(16(20)21-7-2)10-13-19(5)14-8-11-17(3,4)12-9-14/h14-15,18H,6-13H2,1-5H3. The van der Waals surface area contributed by atoms with Crippen molar-refractivity contribution >= 4 is 5.97 Å². The summed E-state index contributed by atoms with van der Waals surface area (Å²) in [4.78, 5) is 14.3. The molecule has 0 aromatic rings. The molecule has 0 amide bonds. The van der Waals surface area contributed by atoms with Crippen LogP contribution in [0.25, 0.3) is 0 Å². The van der Waals surface area contributed by atoms with Crippen molar-refractivity contribution in [3.63, 3.8) is 0 Å². The Bertz CT molecular complexity index is 308. The highest BCUT2D eigenvalue weighted by atomic mass is 16.5. The van der Waals surface area contributed by atoms with E-state index in [0.29, 0.717) is 18.1 Å². The number of hydrogen-bond acceptors (Lipinski definition) is 4. The van der Waals surface area contributed by atoms with Gasteiger partial charge >= 0.3 is 5.97 Å². The number of nitrogens with one attached hydrogen (secondary N) is 1. The molecule has 0 aromatic heterocycles. The second-order valence-electron chi connectivity index (χ2n) is 7.03. The summed E-state index contributed by atoms with van der Waals surface area (Å²) in [5.74, 6) is -0.113. The minimum atomic E-state index is -0.169. The van der Waals surface area contributed by atoms with Crippen molar-refractivity contribution in [1.29, 1.82) is 0 Å². The van der Waals surface area contributed by atoms with E-state index < -0.39 is 0 Å². The quantitative estimate of drug-likeness (QED) is 0.700. The molecule has 1 aliphatic rings. The van der Waals surface area contributed by atoms with Crippen LogP contribution in [0.4, 0.5) is 0 Å². The van der Waals surface area contributed by atoms with Gasteiger partial charge in [-0.15, -0.1) is 0 Å².